The molecule has 0 spiro atoms. The van der Waals surface area contributed by atoms with Crippen molar-refractivity contribution in [2.24, 2.45) is 0 Å². The maximum Gasteiger partial charge on any atom is 0.407 e. The number of aliphatic hydroxyl groups is 1. The van der Waals surface area contributed by atoms with Gasteiger partial charge in [-0.2, -0.15) is 0 Å². The van der Waals surface area contributed by atoms with E-state index in [1.165, 1.54) is 7.11 Å². The molecule has 2 aromatic rings. The molecule has 1 fully saturated rings. The zero-order chi connectivity index (χ0) is 19.7. The van der Waals surface area contributed by atoms with Crippen LogP contribution in [0.15, 0.2) is 48.5 Å². The van der Waals surface area contributed by atoms with E-state index in [2.05, 4.69) is 22.2 Å². The summed E-state index contributed by atoms with van der Waals surface area (Å²) in [6.07, 6.45) is 0.736. The van der Waals surface area contributed by atoms with Gasteiger partial charge in [-0.1, -0.05) is 48.5 Å². The molecule has 6 nitrogen and oxygen atoms in total. The third-order valence-corrected chi connectivity index (χ3v) is 5.80. The molecule has 2 atom stereocenters. The number of methoxy groups -OCH3 is 1. The average Bonchev–Trinajstić information content (AvgIpc) is 3.24. The number of ether oxygens (including phenoxy) is 2. The standard InChI is InChI=1S/C22H23NO5/c1-27-20(24)22(26)12-6-11-19(22)23-21(25)28-13-18-16-9-4-2-7-14(16)15-8-3-5-10-17(15)18/h2-5,7-10,18-19,26H,6,11-13H2,1H3,(H,23,25)/t19-,22-/m1/s1. The summed E-state index contributed by atoms with van der Waals surface area (Å²) >= 11 is 0. The molecule has 1 amide bonds. The first-order valence-electron chi connectivity index (χ1n) is 9.47. The van der Waals surface area contributed by atoms with Crippen molar-refractivity contribution in [3.8, 4) is 11.1 Å². The van der Waals surface area contributed by atoms with E-state index in [9.17, 15) is 14.7 Å². The predicted octanol–water partition coefficient (Wildman–Crippen LogP) is 2.98. The summed E-state index contributed by atoms with van der Waals surface area (Å²) in [5.41, 5.74) is 2.87. The molecule has 0 saturated heterocycles. The van der Waals surface area contributed by atoms with Gasteiger partial charge in [0.25, 0.3) is 0 Å². The minimum Gasteiger partial charge on any atom is -0.467 e. The van der Waals surface area contributed by atoms with Crippen LogP contribution in [0.25, 0.3) is 11.1 Å². The number of esters is 1. The predicted molar refractivity (Wildman–Crippen MR) is 103 cm³/mol. The fourth-order valence-electron chi connectivity index (χ4n) is 4.38. The summed E-state index contributed by atoms with van der Waals surface area (Å²) in [5, 5.41) is 13.2. The molecule has 0 radical (unpaired) electrons. The van der Waals surface area contributed by atoms with E-state index in [0.717, 1.165) is 22.3 Å². The van der Waals surface area contributed by atoms with Gasteiger partial charge in [0.05, 0.1) is 13.2 Å². The lowest BCUT2D eigenvalue weighted by molar-refractivity contribution is -0.163. The van der Waals surface area contributed by atoms with Gasteiger partial charge >= 0.3 is 12.1 Å². The normalized spacial score (nSPS) is 23.0. The van der Waals surface area contributed by atoms with Crippen LogP contribution in [-0.4, -0.2) is 42.5 Å². The highest BCUT2D eigenvalue weighted by Crippen LogP contribution is 2.44. The van der Waals surface area contributed by atoms with Gasteiger partial charge in [-0.15, -0.1) is 0 Å². The highest BCUT2D eigenvalue weighted by atomic mass is 16.6. The van der Waals surface area contributed by atoms with Crippen LogP contribution in [0.1, 0.15) is 36.3 Å². The Morgan fingerprint density at radius 2 is 1.71 bits per heavy atom. The zero-order valence-electron chi connectivity index (χ0n) is 15.7. The minimum absolute atomic E-state index is 0.0405. The fourth-order valence-corrected chi connectivity index (χ4v) is 4.38. The van der Waals surface area contributed by atoms with E-state index >= 15 is 0 Å². The first-order chi connectivity index (χ1) is 13.5. The Balaban J connectivity index is 1.45. The van der Waals surface area contributed by atoms with Crippen molar-refractivity contribution in [2.75, 3.05) is 13.7 Å². The number of hydrogen-bond acceptors (Lipinski definition) is 5. The molecule has 0 unspecified atom stereocenters. The second-order valence-corrected chi connectivity index (χ2v) is 7.33. The number of rotatable bonds is 4. The van der Waals surface area contributed by atoms with Crippen molar-refractivity contribution in [1.82, 2.24) is 5.32 Å². The van der Waals surface area contributed by atoms with Crippen molar-refractivity contribution in [1.29, 1.82) is 0 Å². The number of nitrogens with one attached hydrogen (secondary N) is 1. The van der Waals surface area contributed by atoms with Gasteiger partial charge in [-0.05, 0) is 41.5 Å². The van der Waals surface area contributed by atoms with Gasteiger partial charge in [-0.25, -0.2) is 9.59 Å². The van der Waals surface area contributed by atoms with Crippen LogP contribution in [0.3, 0.4) is 0 Å². The van der Waals surface area contributed by atoms with Gasteiger partial charge in [0.1, 0.15) is 6.61 Å². The lowest BCUT2D eigenvalue weighted by Gasteiger charge is -2.27. The van der Waals surface area contributed by atoms with Crippen molar-refractivity contribution in [3.05, 3.63) is 59.7 Å². The van der Waals surface area contributed by atoms with E-state index in [1.807, 2.05) is 36.4 Å². The molecule has 0 aromatic heterocycles. The average molecular weight is 381 g/mol. The summed E-state index contributed by atoms with van der Waals surface area (Å²) in [6, 6.07) is 15.5. The Labute approximate surface area is 163 Å². The van der Waals surface area contributed by atoms with E-state index in [0.29, 0.717) is 12.8 Å². The molecule has 4 rings (SSSR count). The van der Waals surface area contributed by atoms with Crippen LogP contribution in [-0.2, 0) is 14.3 Å². The summed E-state index contributed by atoms with van der Waals surface area (Å²) in [6.45, 7) is 0.184. The van der Waals surface area contributed by atoms with Crippen LogP contribution >= 0.6 is 0 Å². The lowest BCUT2D eigenvalue weighted by Crippen LogP contribution is -2.54. The molecule has 2 aliphatic rings. The molecule has 0 aliphatic heterocycles. The van der Waals surface area contributed by atoms with Crippen molar-refractivity contribution in [3.63, 3.8) is 0 Å². The summed E-state index contributed by atoms with van der Waals surface area (Å²) in [5.74, 6) is -0.768. The minimum atomic E-state index is -1.69. The Kier molecular flexibility index (Phi) is 4.81. The van der Waals surface area contributed by atoms with E-state index in [-0.39, 0.29) is 18.9 Å². The molecule has 2 N–H and O–H groups in total. The van der Waals surface area contributed by atoms with E-state index < -0.39 is 23.7 Å². The maximum absolute atomic E-state index is 12.4. The van der Waals surface area contributed by atoms with E-state index in [1.54, 1.807) is 0 Å². The number of alkyl carbamates (subject to hydrolysis) is 1. The second kappa shape index (κ2) is 7.28. The highest BCUT2D eigenvalue weighted by Gasteiger charge is 2.49. The number of carbonyl (C=O) groups excluding carboxylic acids is 2. The van der Waals surface area contributed by atoms with Crippen molar-refractivity contribution < 1.29 is 24.2 Å². The van der Waals surface area contributed by atoms with E-state index in [4.69, 9.17) is 4.74 Å². The first kappa shape index (κ1) is 18.5. The van der Waals surface area contributed by atoms with Crippen LogP contribution < -0.4 is 5.32 Å². The Morgan fingerprint density at radius 3 is 2.32 bits per heavy atom. The van der Waals surface area contributed by atoms with Crippen molar-refractivity contribution >= 4 is 12.1 Å². The van der Waals surface area contributed by atoms with Gasteiger partial charge in [0, 0.05) is 5.92 Å². The molecule has 0 bridgehead atoms. The number of amides is 1. The topological polar surface area (TPSA) is 84.9 Å². The molecule has 2 aliphatic carbocycles. The van der Waals surface area contributed by atoms with Crippen LogP contribution in [0.5, 0.6) is 0 Å². The first-order valence-corrected chi connectivity index (χ1v) is 9.47. The molecular weight excluding hydrogens is 358 g/mol. The Morgan fingerprint density at radius 1 is 1.11 bits per heavy atom. The third kappa shape index (κ3) is 3.03. The summed E-state index contributed by atoms with van der Waals surface area (Å²) in [7, 11) is 1.23. The summed E-state index contributed by atoms with van der Waals surface area (Å²) < 4.78 is 10.2. The Hall–Kier alpha value is -2.86. The molecule has 0 heterocycles. The number of carbonyl (C=O) groups is 2. The molecule has 28 heavy (non-hydrogen) atoms. The van der Waals surface area contributed by atoms with Crippen LogP contribution in [0.4, 0.5) is 4.79 Å². The third-order valence-electron chi connectivity index (χ3n) is 5.80. The number of hydrogen-bond donors (Lipinski definition) is 2. The molecule has 146 valence electrons. The maximum atomic E-state index is 12.4. The number of fused-ring (bicyclic) bond motifs is 3. The smallest absolute Gasteiger partial charge is 0.407 e. The quantitative estimate of drug-likeness (QED) is 0.796. The van der Waals surface area contributed by atoms with Gasteiger partial charge in [-0.3, -0.25) is 0 Å². The summed E-state index contributed by atoms with van der Waals surface area (Å²) in [4.78, 5) is 24.3. The van der Waals surface area contributed by atoms with Crippen molar-refractivity contribution in [2.45, 2.75) is 36.8 Å². The monoisotopic (exact) mass is 381 g/mol. The Bertz CT molecular complexity index is 866. The molecular formula is C22H23NO5. The molecule has 1 saturated carbocycles. The highest BCUT2D eigenvalue weighted by molar-refractivity contribution is 5.82. The van der Waals surface area contributed by atoms with Gasteiger partial charge in [0.2, 0.25) is 0 Å². The number of benzene rings is 2. The lowest BCUT2D eigenvalue weighted by atomic mass is 9.98. The van der Waals surface area contributed by atoms with Gasteiger partial charge < -0.3 is 19.9 Å². The largest absolute Gasteiger partial charge is 0.467 e. The SMILES string of the molecule is COC(=O)[C@@]1(O)CCC[C@H]1NC(=O)OCC1c2ccccc2-c2ccccc21. The fraction of sp³-hybridized carbons (Fsp3) is 0.364. The van der Waals surface area contributed by atoms with Crippen LogP contribution in [0.2, 0.25) is 0 Å². The van der Waals surface area contributed by atoms with Gasteiger partial charge in [0.15, 0.2) is 5.60 Å². The molecule has 2 aromatic carbocycles. The zero-order valence-corrected chi connectivity index (χ0v) is 15.7. The second-order valence-electron chi connectivity index (χ2n) is 7.33. The van der Waals surface area contributed by atoms with Crippen LogP contribution in [0, 0.1) is 0 Å². The molecule has 6 heteroatoms.